The van der Waals surface area contributed by atoms with Crippen molar-refractivity contribution >= 4 is 17.3 Å². The summed E-state index contributed by atoms with van der Waals surface area (Å²) in [5.74, 6) is 0. The predicted octanol–water partition coefficient (Wildman–Crippen LogP) is 3.78. The maximum absolute atomic E-state index is 10.0. The van der Waals surface area contributed by atoms with E-state index in [-0.39, 0.29) is 6.10 Å². The van der Waals surface area contributed by atoms with Crippen LogP contribution in [0.25, 0.3) is 0 Å². The van der Waals surface area contributed by atoms with E-state index in [0.29, 0.717) is 0 Å². The fourth-order valence-electron chi connectivity index (χ4n) is 2.59. The van der Waals surface area contributed by atoms with Gasteiger partial charge in [0.15, 0.2) is 0 Å². The van der Waals surface area contributed by atoms with Crippen LogP contribution in [0, 0.1) is 0 Å². The molecule has 1 unspecified atom stereocenters. The Labute approximate surface area is 118 Å². The van der Waals surface area contributed by atoms with E-state index < -0.39 is 0 Å². The molecule has 0 amide bonds. The summed E-state index contributed by atoms with van der Waals surface area (Å²) in [6.07, 6.45) is 0.447. The summed E-state index contributed by atoms with van der Waals surface area (Å²) in [4.78, 5) is 2.31. The number of nitrogens with zero attached hydrogens (tertiary/aromatic N) is 1. The average Bonchev–Trinajstić information content (AvgIpc) is 2.45. The number of halogens is 1. The number of hydrogen-bond donors (Lipinski definition) is 1. The first kappa shape index (κ1) is 12.5. The van der Waals surface area contributed by atoms with Crippen LogP contribution < -0.4 is 4.90 Å². The second-order valence-electron chi connectivity index (χ2n) is 4.91. The van der Waals surface area contributed by atoms with Crippen LogP contribution in [0.15, 0.2) is 48.5 Å². The molecule has 1 heterocycles. The summed E-state index contributed by atoms with van der Waals surface area (Å²) in [5, 5.41) is 10.8. The molecule has 98 valence electrons. The number of aliphatic hydroxyl groups excluding tert-OH is 1. The SMILES string of the molecule is OC1CCN(Cc2ccc(Cl)cc2)c2ccccc21. The lowest BCUT2D eigenvalue weighted by atomic mass is 9.98. The summed E-state index contributed by atoms with van der Waals surface area (Å²) in [7, 11) is 0. The van der Waals surface area contributed by atoms with Gasteiger partial charge < -0.3 is 10.0 Å². The first-order valence-corrected chi connectivity index (χ1v) is 6.88. The molecule has 0 saturated carbocycles. The lowest BCUT2D eigenvalue weighted by molar-refractivity contribution is 0.164. The Bertz CT molecular complexity index is 567. The average molecular weight is 274 g/mol. The Balaban J connectivity index is 1.86. The van der Waals surface area contributed by atoms with Gasteiger partial charge in [0.2, 0.25) is 0 Å². The Hall–Kier alpha value is -1.51. The van der Waals surface area contributed by atoms with Crippen LogP contribution in [0.1, 0.15) is 23.7 Å². The van der Waals surface area contributed by atoms with Crippen LogP contribution in [-0.2, 0) is 6.54 Å². The Kier molecular flexibility index (Phi) is 3.45. The molecule has 1 atom stereocenters. The molecule has 3 rings (SSSR count). The molecule has 19 heavy (non-hydrogen) atoms. The van der Waals surface area contributed by atoms with Crippen LogP contribution in [0.2, 0.25) is 5.02 Å². The van der Waals surface area contributed by atoms with E-state index in [1.807, 2.05) is 30.3 Å². The van der Waals surface area contributed by atoms with Crippen molar-refractivity contribution < 1.29 is 5.11 Å². The molecule has 2 aromatic carbocycles. The van der Waals surface area contributed by atoms with Crippen molar-refractivity contribution in [3.8, 4) is 0 Å². The molecule has 0 fully saturated rings. The maximum Gasteiger partial charge on any atom is 0.0826 e. The molecule has 0 aliphatic carbocycles. The third-order valence-corrected chi connectivity index (χ3v) is 3.85. The smallest absolute Gasteiger partial charge is 0.0826 e. The Morgan fingerprint density at radius 2 is 1.84 bits per heavy atom. The molecule has 2 aromatic rings. The molecule has 0 spiro atoms. The van der Waals surface area contributed by atoms with Crippen molar-refractivity contribution in [3.05, 3.63) is 64.7 Å². The summed E-state index contributed by atoms with van der Waals surface area (Å²) >= 11 is 5.91. The Morgan fingerprint density at radius 3 is 2.63 bits per heavy atom. The van der Waals surface area contributed by atoms with Gasteiger partial charge in [-0.3, -0.25) is 0 Å². The van der Waals surface area contributed by atoms with E-state index in [0.717, 1.165) is 35.8 Å². The number of anilines is 1. The van der Waals surface area contributed by atoms with E-state index in [1.165, 1.54) is 5.56 Å². The zero-order valence-electron chi connectivity index (χ0n) is 10.6. The minimum Gasteiger partial charge on any atom is -0.388 e. The number of fused-ring (bicyclic) bond motifs is 1. The lowest BCUT2D eigenvalue weighted by Crippen LogP contribution is -2.30. The van der Waals surface area contributed by atoms with Gasteiger partial charge >= 0.3 is 0 Å². The standard InChI is InChI=1S/C16H16ClNO/c17-13-7-5-12(6-8-13)11-18-10-9-16(19)14-3-1-2-4-15(14)18/h1-8,16,19H,9-11H2. The van der Waals surface area contributed by atoms with Crippen molar-refractivity contribution in [1.82, 2.24) is 0 Å². The highest BCUT2D eigenvalue weighted by molar-refractivity contribution is 6.30. The lowest BCUT2D eigenvalue weighted by Gasteiger charge is -2.33. The minimum atomic E-state index is -0.335. The fourth-order valence-corrected chi connectivity index (χ4v) is 2.71. The molecule has 1 aliphatic rings. The summed E-state index contributed by atoms with van der Waals surface area (Å²) in [6.45, 7) is 1.72. The number of aliphatic hydroxyl groups is 1. The molecule has 1 aliphatic heterocycles. The monoisotopic (exact) mass is 273 g/mol. The third-order valence-electron chi connectivity index (χ3n) is 3.60. The van der Waals surface area contributed by atoms with Crippen LogP contribution >= 0.6 is 11.6 Å². The van der Waals surface area contributed by atoms with Gasteiger partial charge in [-0.1, -0.05) is 41.9 Å². The fraction of sp³-hybridized carbons (Fsp3) is 0.250. The summed E-state index contributed by atoms with van der Waals surface area (Å²) in [6, 6.07) is 16.0. The van der Waals surface area contributed by atoms with Crippen LogP contribution in [0.5, 0.6) is 0 Å². The first-order valence-electron chi connectivity index (χ1n) is 6.50. The van der Waals surface area contributed by atoms with Gasteiger partial charge in [-0.2, -0.15) is 0 Å². The number of para-hydroxylation sites is 1. The molecule has 0 radical (unpaired) electrons. The van der Waals surface area contributed by atoms with E-state index in [1.54, 1.807) is 0 Å². The molecular formula is C16H16ClNO. The van der Waals surface area contributed by atoms with Crippen molar-refractivity contribution in [1.29, 1.82) is 0 Å². The van der Waals surface area contributed by atoms with Crippen molar-refractivity contribution in [3.63, 3.8) is 0 Å². The van der Waals surface area contributed by atoms with Gasteiger partial charge in [-0.25, -0.2) is 0 Å². The van der Waals surface area contributed by atoms with Crippen LogP contribution in [0.4, 0.5) is 5.69 Å². The first-order chi connectivity index (χ1) is 9.24. The topological polar surface area (TPSA) is 23.5 Å². The summed E-state index contributed by atoms with van der Waals surface area (Å²) < 4.78 is 0. The Morgan fingerprint density at radius 1 is 1.11 bits per heavy atom. The van der Waals surface area contributed by atoms with E-state index in [9.17, 15) is 5.11 Å². The maximum atomic E-state index is 10.0. The third kappa shape index (κ3) is 2.60. The van der Waals surface area contributed by atoms with E-state index in [4.69, 9.17) is 11.6 Å². The molecule has 0 bridgehead atoms. The van der Waals surface area contributed by atoms with Gasteiger partial charge in [0.25, 0.3) is 0 Å². The summed E-state index contributed by atoms with van der Waals surface area (Å²) in [5.41, 5.74) is 3.40. The number of benzene rings is 2. The van der Waals surface area contributed by atoms with E-state index in [2.05, 4.69) is 23.1 Å². The number of hydrogen-bond acceptors (Lipinski definition) is 2. The van der Waals surface area contributed by atoms with Crippen LogP contribution in [0.3, 0.4) is 0 Å². The zero-order chi connectivity index (χ0) is 13.2. The molecule has 0 saturated heterocycles. The zero-order valence-corrected chi connectivity index (χ0v) is 11.3. The van der Waals surface area contributed by atoms with Gasteiger partial charge in [-0.15, -0.1) is 0 Å². The second kappa shape index (κ2) is 5.24. The largest absolute Gasteiger partial charge is 0.388 e. The van der Waals surface area contributed by atoms with Crippen molar-refractivity contribution in [2.75, 3.05) is 11.4 Å². The molecule has 2 nitrogen and oxygen atoms in total. The number of rotatable bonds is 2. The van der Waals surface area contributed by atoms with Gasteiger partial charge in [-0.05, 0) is 30.2 Å². The van der Waals surface area contributed by atoms with Crippen molar-refractivity contribution in [2.45, 2.75) is 19.1 Å². The van der Waals surface area contributed by atoms with Gasteiger partial charge in [0.1, 0.15) is 0 Å². The molecule has 1 N–H and O–H groups in total. The van der Waals surface area contributed by atoms with E-state index >= 15 is 0 Å². The quantitative estimate of drug-likeness (QED) is 0.900. The normalized spacial score (nSPS) is 18.2. The van der Waals surface area contributed by atoms with Crippen LogP contribution in [-0.4, -0.2) is 11.7 Å². The second-order valence-corrected chi connectivity index (χ2v) is 5.35. The molecular weight excluding hydrogens is 258 g/mol. The highest BCUT2D eigenvalue weighted by atomic mass is 35.5. The van der Waals surface area contributed by atoms with Gasteiger partial charge in [0, 0.05) is 29.4 Å². The predicted molar refractivity (Wildman–Crippen MR) is 78.5 cm³/mol. The molecule has 0 aromatic heterocycles. The van der Waals surface area contributed by atoms with Crippen molar-refractivity contribution in [2.24, 2.45) is 0 Å². The molecule has 3 heteroatoms. The van der Waals surface area contributed by atoms with Gasteiger partial charge in [0.05, 0.1) is 6.10 Å². The highest BCUT2D eigenvalue weighted by Crippen LogP contribution is 2.34. The highest BCUT2D eigenvalue weighted by Gasteiger charge is 2.22. The minimum absolute atomic E-state index is 0.335.